The summed E-state index contributed by atoms with van der Waals surface area (Å²) < 4.78 is 5.56. The van der Waals surface area contributed by atoms with Gasteiger partial charge in [0.25, 0.3) is 11.6 Å². The number of carbonyl (C=O) groups is 1. The van der Waals surface area contributed by atoms with Gasteiger partial charge >= 0.3 is 0 Å². The number of aryl methyl sites for hydroxylation is 1. The predicted molar refractivity (Wildman–Crippen MR) is 125 cm³/mol. The SMILES string of the molecule is N#C/C(=C\c1ccc(Oc2ccc([N+](=O)[O-])cn2)cc1)C(=O)Nc1sc2c(c1C#N)CCCC2. The van der Waals surface area contributed by atoms with E-state index in [0.29, 0.717) is 21.9 Å². The third kappa shape index (κ3) is 4.93. The Balaban J connectivity index is 1.46. The summed E-state index contributed by atoms with van der Waals surface area (Å²) in [5.41, 5.74) is 1.86. The first kappa shape index (κ1) is 22.6. The summed E-state index contributed by atoms with van der Waals surface area (Å²) in [5, 5.41) is 33.0. The number of anilines is 1. The lowest BCUT2D eigenvalue weighted by atomic mass is 9.96. The lowest BCUT2D eigenvalue weighted by Crippen LogP contribution is -2.13. The number of aromatic nitrogens is 1. The summed E-state index contributed by atoms with van der Waals surface area (Å²) in [6.07, 6.45) is 6.36. The van der Waals surface area contributed by atoms with Crippen LogP contribution in [0.25, 0.3) is 6.08 Å². The first-order valence-electron chi connectivity index (χ1n) is 10.3. The molecule has 2 heterocycles. The summed E-state index contributed by atoms with van der Waals surface area (Å²) in [5.74, 6) is 0.0511. The normalized spacial score (nSPS) is 12.7. The van der Waals surface area contributed by atoms with Gasteiger partial charge in [0.2, 0.25) is 5.88 Å². The molecule has 1 aromatic carbocycles. The molecule has 4 rings (SSSR count). The number of nitrogens with one attached hydrogen (secondary N) is 1. The minimum absolute atomic E-state index is 0.0963. The molecule has 0 atom stereocenters. The number of amides is 1. The largest absolute Gasteiger partial charge is 0.439 e. The third-order valence-corrected chi connectivity index (χ3v) is 6.43. The molecule has 0 spiro atoms. The van der Waals surface area contributed by atoms with Gasteiger partial charge in [0, 0.05) is 17.0 Å². The Hall–Kier alpha value is -4.54. The van der Waals surface area contributed by atoms with Crippen molar-refractivity contribution in [2.24, 2.45) is 0 Å². The van der Waals surface area contributed by atoms with E-state index < -0.39 is 10.8 Å². The van der Waals surface area contributed by atoms with Crippen molar-refractivity contribution in [3.05, 3.63) is 79.8 Å². The van der Waals surface area contributed by atoms with Gasteiger partial charge < -0.3 is 10.1 Å². The first-order valence-corrected chi connectivity index (χ1v) is 11.2. The van der Waals surface area contributed by atoms with Gasteiger partial charge in [-0.05, 0) is 55.0 Å². The molecule has 0 unspecified atom stereocenters. The quantitative estimate of drug-likeness (QED) is 0.227. The van der Waals surface area contributed by atoms with Gasteiger partial charge in [-0.3, -0.25) is 14.9 Å². The van der Waals surface area contributed by atoms with Crippen LogP contribution >= 0.6 is 11.3 Å². The van der Waals surface area contributed by atoms with Crippen molar-refractivity contribution in [3.8, 4) is 23.8 Å². The molecule has 10 heteroatoms. The number of rotatable bonds is 6. The molecule has 0 saturated heterocycles. The smallest absolute Gasteiger partial charge is 0.287 e. The summed E-state index contributed by atoms with van der Waals surface area (Å²) in [7, 11) is 0. The maximum Gasteiger partial charge on any atom is 0.287 e. The topological polar surface area (TPSA) is 142 Å². The van der Waals surface area contributed by atoms with Crippen LogP contribution in [-0.2, 0) is 17.6 Å². The molecular formula is C24H17N5O4S. The van der Waals surface area contributed by atoms with Gasteiger partial charge in [0.05, 0.1) is 10.5 Å². The molecular weight excluding hydrogens is 454 g/mol. The van der Waals surface area contributed by atoms with Gasteiger partial charge in [-0.2, -0.15) is 10.5 Å². The molecule has 3 aromatic rings. The molecule has 1 amide bonds. The van der Waals surface area contributed by atoms with Crippen molar-refractivity contribution in [1.82, 2.24) is 4.98 Å². The van der Waals surface area contributed by atoms with Crippen molar-refractivity contribution in [1.29, 1.82) is 10.5 Å². The highest BCUT2D eigenvalue weighted by Crippen LogP contribution is 2.37. The Labute approximate surface area is 198 Å². The van der Waals surface area contributed by atoms with Crippen LogP contribution in [0.1, 0.15) is 34.4 Å². The second-order valence-corrected chi connectivity index (χ2v) is 8.54. The van der Waals surface area contributed by atoms with Crippen LogP contribution in [0.15, 0.2) is 48.2 Å². The minimum atomic E-state index is -0.576. The Bertz CT molecular complexity index is 1360. The number of nitro groups is 1. The average Bonchev–Trinajstić information content (AvgIpc) is 3.20. The van der Waals surface area contributed by atoms with E-state index in [4.69, 9.17) is 4.74 Å². The second-order valence-electron chi connectivity index (χ2n) is 7.43. The number of pyridine rings is 1. The van der Waals surface area contributed by atoms with Crippen molar-refractivity contribution in [3.63, 3.8) is 0 Å². The van der Waals surface area contributed by atoms with Crippen LogP contribution in [0, 0.1) is 32.8 Å². The number of ether oxygens (including phenoxy) is 1. The Morgan fingerprint density at radius 2 is 1.94 bits per heavy atom. The molecule has 1 aliphatic rings. The van der Waals surface area contributed by atoms with Crippen molar-refractivity contribution < 1.29 is 14.5 Å². The monoisotopic (exact) mass is 471 g/mol. The molecule has 1 N–H and O–H groups in total. The zero-order chi connectivity index (χ0) is 24.1. The highest BCUT2D eigenvalue weighted by molar-refractivity contribution is 7.16. The van der Waals surface area contributed by atoms with Gasteiger partial charge in [-0.15, -0.1) is 11.3 Å². The van der Waals surface area contributed by atoms with E-state index in [-0.39, 0.29) is 17.1 Å². The standard InChI is InChI=1S/C24H17N5O4S/c25-12-16(23(30)28-24-20(13-26)19-3-1-2-4-21(19)34-24)11-15-5-8-18(9-6-15)33-22-10-7-17(14-27-22)29(31)32/h5-11,14H,1-4H2,(H,28,30)/b16-11+. The number of fused-ring (bicyclic) bond motifs is 1. The molecule has 2 aromatic heterocycles. The van der Waals surface area contributed by atoms with E-state index in [1.165, 1.54) is 29.5 Å². The molecule has 0 saturated carbocycles. The highest BCUT2D eigenvalue weighted by Gasteiger charge is 2.22. The van der Waals surface area contributed by atoms with E-state index in [9.17, 15) is 25.4 Å². The minimum Gasteiger partial charge on any atom is -0.439 e. The lowest BCUT2D eigenvalue weighted by Gasteiger charge is -2.09. The number of thiophene rings is 1. The summed E-state index contributed by atoms with van der Waals surface area (Å²) in [6, 6.07) is 13.4. The fraction of sp³-hybridized carbons (Fsp3) is 0.167. The van der Waals surface area contributed by atoms with Crippen LogP contribution in [0.3, 0.4) is 0 Å². The molecule has 1 aliphatic carbocycles. The van der Waals surface area contributed by atoms with Crippen LogP contribution in [0.5, 0.6) is 11.6 Å². The van der Waals surface area contributed by atoms with Gasteiger partial charge in [-0.25, -0.2) is 4.98 Å². The molecule has 168 valence electrons. The summed E-state index contributed by atoms with van der Waals surface area (Å²) >= 11 is 1.40. The maximum atomic E-state index is 12.7. The number of benzene rings is 1. The van der Waals surface area contributed by atoms with Crippen LogP contribution < -0.4 is 10.1 Å². The Kier molecular flexibility index (Phi) is 6.62. The van der Waals surface area contributed by atoms with Crippen molar-refractivity contribution >= 4 is 34.0 Å². The zero-order valence-electron chi connectivity index (χ0n) is 17.8. The fourth-order valence-electron chi connectivity index (χ4n) is 3.55. The second kappa shape index (κ2) is 9.94. The summed E-state index contributed by atoms with van der Waals surface area (Å²) in [6.45, 7) is 0. The van der Waals surface area contributed by atoms with Crippen molar-refractivity contribution in [2.45, 2.75) is 25.7 Å². The number of hydrogen-bond donors (Lipinski definition) is 1. The van der Waals surface area contributed by atoms with E-state index in [0.717, 1.165) is 42.3 Å². The van der Waals surface area contributed by atoms with Gasteiger partial charge in [0.15, 0.2) is 0 Å². The lowest BCUT2D eigenvalue weighted by molar-refractivity contribution is -0.385. The van der Waals surface area contributed by atoms with E-state index in [2.05, 4.69) is 16.4 Å². The molecule has 0 aliphatic heterocycles. The van der Waals surface area contributed by atoms with E-state index >= 15 is 0 Å². The molecule has 9 nitrogen and oxygen atoms in total. The van der Waals surface area contributed by atoms with Crippen LogP contribution in [0.2, 0.25) is 0 Å². The number of hydrogen-bond acceptors (Lipinski definition) is 8. The van der Waals surface area contributed by atoms with Crippen LogP contribution in [0.4, 0.5) is 10.7 Å². The molecule has 0 fully saturated rings. The number of nitriles is 2. The van der Waals surface area contributed by atoms with E-state index in [1.54, 1.807) is 24.3 Å². The van der Waals surface area contributed by atoms with Gasteiger partial charge in [-0.1, -0.05) is 12.1 Å². The average molecular weight is 471 g/mol. The fourth-order valence-corrected chi connectivity index (χ4v) is 4.79. The zero-order valence-corrected chi connectivity index (χ0v) is 18.6. The number of carbonyl (C=O) groups excluding carboxylic acids is 1. The highest BCUT2D eigenvalue weighted by atomic mass is 32.1. The molecule has 0 bridgehead atoms. The van der Waals surface area contributed by atoms with Crippen molar-refractivity contribution in [2.75, 3.05) is 5.32 Å². The predicted octanol–water partition coefficient (Wildman–Crippen LogP) is 5.14. The number of nitrogens with zero attached hydrogens (tertiary/aromatic N) is 4. The Morgan fingerprint density at radius 3 is 2.59 bits per heavy atom. The van der Waals surface area contributed by atoms with Crippen LogP contribution in [-0.4, -0.2) is 15.8 Å². The summed E-state index contributed by atoms with van der Waals surface area (Å²) in [4.78, 5) is 27.9. The van der Waals surface area contributed by atoms with E-state index in [1.807, 2.05) is 6.07 Å². The van der Waals surface area contributed by atoms with Gasteiger partial charge in [0.1, 0.15) is 34.7 Å². The first-order chi connectivity index (χ1) is 16.5. The maximum absolute atomic E-state index is 12.7. The third-order valence-electron chi connectivity index (χ3n) is 5.22. The molecule has 34 heavy (non-hydrogen) atoms. The Morgan fingerprint density at radius 1 is 1.18 bits per heavy atom. The molecule has 0 radical (unpaired) electrons.